The number of Topliss-reactive ketones (excluding diaryl/α,β-unsaturated/α-hetero) is 1. The molecule has 1 rings (SSSR count). The van der Waals surface area contributed by atoms with E-state index in [0.29, 0.717) is 0 Å². The highest BCUT2D eigenvalue weighted by Gasteiger charge is 2.14. The minimum absolute atomic E-state index is 0.184. The minimum Gasteiger partial charge on any atom is -0.384 e. The van der Waals surface area contributed by atoms with Gasteiger partial charge < -0.3 is 5.11 Å². The number of nitro benzene ring substituents is 1. The summed E-state index contributed by atoms with van der Waals surface area (Å²) < 4.78 is 0. The van der Waals surface area contributed by atoms with Crippen molar-refractivity contribution in [2.75, 3.05) is 6.61 Å². The highest BCUT2D eigenvalue weighted by molar-refractivity contribution is 5.95. The number of aliphatic hydroxyl groups is 1. The van der Waals surface area contributed by atoms with Crippen molar-refractivity contribution in [3.63, 3.8) is 0 Å². The molecule has 0 aliphatic heterocycles. The molecule has 82 valence electrons. The predicted octanol–water partition coefficient (Wildman–Crippen LogP) is 1.14. The Labute approximate surface area is 91.9 Å². The summed E-state index contributed by atoms with van der Waals surface area (Å²) in [5, 5.41) is 19.2. The van der Waals surface area contributed by atoms with Gasteiger partial charge in [-0.05, 0) is 19.1 Å². The number of nitro groups is 1. The largest absolute Gasteiger partial charge is 0.384 e. The fourth-order valence-corrected chi connectivity index (χ4v) is 1.14. The van der Waals surface area contributed by atoms with Gasteiger partial charge in [-0.1, -0.05) is 11.8 Å². The summed E-state index contributed by atoms with van der Waals surface area (Å²) in [5.74, 6) is 4.54. The molecule has 0 radical (unpaired) electrons. The lowest BCUT2D eigenvalue weighted by atomic mass is 10.1. The summed E-state index contributed by atoms with van der Waals surface area (Å²) >= 11 is 0. The molecule has 0 amide bonds. The molecule has 0 atom stereocenters. The number of nitrogens with zero attached hydrogens (tertiary/aromatic N) is 1. The third-order valence-electron chi connectivity index (χ3n) is 1.90. The first-order valence-corrected chi connectivity index (χ1v) is 4.45. The molecule has 0 bridgehead atoms. The second-order valence-corrected chi connectivity index (χ2v) is 3.01. The molecular weight excluding hydrogens is 210 g/mol. The third-order valence-corrected chi connectivity index (χ3v) is 1.90. The molecule has 0 aliphatic carbocycles. The van der Waals surface area contributed by atoms with Crippen LogP contribution in [0.4, 0.5) is 5.69 Å². The fourth-order valence-electron chi connectivity index (χ4n) is 1.14. The molecule has 0 unspecified atom stereocenters. The lowest BCUT2D eigenvalue weighted by molar-refractivity contribution is -0.385. The van der Waals surface area contributed by atoms with Gasteiger partial charge in [0, 0.05) is 11.6 Å². The van der Waals surface area contributed by atoms with Crippen LogP contribution < -0.4 is 0 Å². The average molecular weight is 219 g/mol. The van der Waals surface area contributed by atoms with Crippen LogP contribution in [0.25, 0.3) is 0 Å². The monoisotopic (exact) mass is 219 g/mol. The highest BCUT2D eigenvalue weighted by atomic mass is 16.6. The number of carbonyl (C=O) groups is 1. The van der Waals surface area contributed by atoms with E-state index < -0.39 is 4.92 Å². The van der Waals surface area contributed by atoms with Crippen molar-refractivity contribution in [2.24, 2.45) is 0 Å². The summed E-state index contributed by atoms with van der Waals surface area (Å²) in [6.45, 7) is 0.962. The molecule has 0 spiro atoms. The molecule has 0 heterocycles. The summed E-state index contributed by atoms with van der Waals surface area (Å²) in [4.78, 5) is 21.2. The van der Waals surface area contributed by atoms with E-state index >= 15 is 0 Å². The second-order valence-electron chi connectivity index (χ2n) is 3.01. The lowest BCUT2D eigenvalue weighted by Crippen LogP contribution is -1.97. The van der Waals surface area contributed by atoms with Crippen LogP contribution >= 0.6 is 0 Å². The molecule has 0 saturated carbocycles. The molecule has 16 heavy (non-hydrogen) atoms. The van der Waals surface area contributed by atoms with Crippen molar-refractivity contribution < 1.29 is 14.8 Å². The first-order chi connectivity index (χ1) is 7.56. The molecule has 0 aliphatic rings. The molecule has 1 aromatic carbocycles. The molecular formula is C11H9NO4. The van der Waals surface area contributed by atoms with Crippen LogP contribution in [0.2, 0.25) is 0 Å². The van der Waals surface area contributed by atoms with E-state index in [9.17, 15) is 14.9 Å². The first kappa shape index (κ1) is 11.9. The van der Waals surface area contributed by atoms with Gasteiger partial charge in [0.25, 0.3) is 5.69 Å². The standard InChI is InChI=1S/C11H9NO4/c1-8(14)10-5-4-9(3-2-6-13)11(7-10)12(15)16/h4-5,7,13H,6H2,1H3. The summed E-state index contributed by atoms with van der Waals surface area (Å²) in [7, 11) is 0. The SMILES string of the molecule is CC(=O)c1ccc(C#CCO)c([N+](=O)[O-])c1. The Morgan fingerprint density at radius 1 is 1.56 bits per heavy atom. The summed E-state index contributed by atoms with van der Waals surface area (Å²) in [6.07, 6.45) is 0. The van der Waals surface area contributed by atoms with Gasteiger partial charge in [-0.3, -0.25) is 14.9 Å². The van der Waals surface area contributed by atoms with Crippen molar-refractivity contribution in [1.29, 1.82) is 0 Å². The molecule has 0 aromatic heterocycles. The quantitative estimate of drug-likeness (QED) is 0.350. The van der Waals surface area contributed by atoms with Gasteiger partial charge in [0.1, 0.15) is 12.2 Å². The van der Waals surface area contributed by atoms with E-state index in [4.69, 9.17) is 5.11 Å². The second kappa shape index (κ2) is 5.05. The zero-order chi connectivity index (χ0) is 12.1. The zero-order valence-corrected chi connectivity index (χ0v) is 8.56. The molecule has 1 aromatic rings. The van der Waals surface area contributed by atoms with E-state index in [1.54, 1.807) is 0 Å². The smallest absolute Gasteiger partial charge is 0.285 e. The van der Waals surface area contributed by atoms with Gasteiger partial charge in [-0.2, -0.15) is 0 Å². The molecule has 5 nitrogen and oxygen atoms in total. The Hall–Kier alpha value is -2.19. The van der Waals surface area contributed by atoms with Crippen molar-refractivity contribution in [1.82, 2.24) is 0 Å². The Balaban J connectivity index is 3.30. The number of rotatable bonds is 2. The number of carbonyl (C=O) groups excluding carboxylic acids is 1. The van der Waals surface area contributed by atoms with Gasteiger partial charge in [-0.25, -0.2) is 0 Å². The normalized spacial score (nSPS) is 9.12. The number of hydrogen-bond donors (Lipinski definition) is 1. The third kappa shape index (κ3) is 2.65. The lowest BCUT2D eigenvalue weighted by Gasteiger charge is -1.98. The zero-order valence-electron chi connectivity index (χ0n) is 8.56. The topological polar surface area (TPSA) is 80.4 Å². The summed E-state index contributed by atoms with van der Waals surface area (Å²) in [6, 6.07) is 4.05. The van der Waals surface area contributed by atoms with E-state index in [2.05, 4.69) is 11.8 Å². The molecule has 0 saturated heterocycles. The Morgan fingerprint density at radius 2 is 2.25 bits per heavy atom. The molecule has 1 N–H and O–H groups in total. The number of hydrogen-bond acceptors (Lipinski definition) is 4. The van der Waals surface area contributed by atoms with Gasteiger partial charge in [0.05, 0.1) is 4.92 Å². The van der Waals surface area contributed by atoms with Crippen LogP contribution in [0.1, 0.15) is 22.8 Å². The van der Waals surface area contributed by atoms with Crippen molar-refractivity contribution in [3.8, 4) is 11.8 Å². The number of ketones is 1. The van der Waals surface area contributed by atoms with Crippen LogP contribution in [0, 0.1) is 22.0 Å². The minimum atomic E-state index is -0.603. The van der Waals surface area contributed by atoms with Crippen LogP contribution in [0.3, 0.4) is 0 Å². The van der Waals surface area contributed by atoms with Crippen molar-refractivity contribution in [3.05, 3.63) is 39.4 Å². The first-order valence-electron chi connectivity index (χ1n) is 4.45. The molecule has 0 fully saturated rings. The van der Waals surface area contributed by atoms with E-state index in [0.717, 1.165) is 0 Å². The maximum absolute atomic E-state index is 11.0. The van der Waals surface area contributed by atoms with Gasteiger partial charge in [-0.15, -0.1) is 0 Å². The van der Waals surface area contributed by atoms with E-state index in [-0.39, 0.29) is 29.2 Å². The maximum atomic E-state index is 11.0. The van der Waals surface area contributed by atoms with Crippen molar-refractivity contribution in [2.45, 2.75) is 6.92 Å². The van der Waals surface area contributed by atoms with Gasteiger partial charge in [0.2, 0.25) is 0 Å². The fraction of sp³-hybridized carbons (Fsp3) is 0.182. The Bertz CT molecular complexity index is 496. The highest BCUT2D eigenvalue weighted by Crippen LogP contribution is 2.19. The Kier molecular flexibility index (Phi) is 3.75. The van der Waals surface area contributed by atoms with Crippen LogP contribution in [-0.2, 0) is 0 Å². The van der Waals surface area contributed by atoms with E-state index in [1.165, 1.54) is 25.1 Å². The maximum Gasteiger partial charge on any atom is 0.285 e. The number of aliphatic hydroxyl groups excluding tert-OH is 1. The van der Waals surface area contributed by atoms with Crippen molar-refractivity contribution >= 4 is 11.5 Å². The van der Waals surface area contributed by atoms with Crippen LogP contribution in [-0.4, -0.2) is 22.4 Å². The van der Waals surface area contributed by atoms with Gasteiger partial charge >= 0.3 is 0 Å². The average Bonchev–Trinajstić information content (AvgIpc) is 2.25. The van der Waals surface area contributed by atoms with E-state index in [1.807, 2.05) is 0 Å². The van der Waals surface area contributed by atoms with Crippen LogP contribution in [0.5, 0.6) is 0 Å². The molecule has 5 heteroatoms. The van der Waals surface area contributed by atoms with Gasteiger partial charge in [0.15, 0.2) is 5.78 Å². The number of benzene rings is 1. The van der Waals surface area contributed by atoms with Crippen LogP contribution in [0.15, 0.2) is 18.2 Å². The summed E-state index contributed by atoms with van der Waals surface area (Å²) in [5.41, 5.74) is 0.221. The predicted molar refractivity (Wildman–Crippen MR) is 57.1 cm³/mol. The Morgan fingerprint density at radius 3 is 2.75 bits per heavy atom.